The van der Waals surface area contributed by atoms with Crippen LogP contribution in [-0.4, -0.2) is 7.05 Å². The summed E-state index contributed by atoms with van der Waals surface area (Å²) < 4.78 is 0. The van der Waals surface area contributed by atoms with Gasteiger partial charge in [0.2, 0.25) is 0 Å². The molecule has 0 aliphatic heterocycles. The third-order valence-corrected chi connectivity index (χ3v) is 3.45. The fraction of sp³-hybridized carbons (Fsp3) is 0.294. The van der Waals surface area contributed by atoms with Gasteiger partial charge in [0.15, 0.2) is 0 Å². The van der Waals surface area contributed by atoms with Gasteiger partial charge in [0.25, 0.3) is 0 Å². The zero-order valence-corrected chi connectivity index (χ0v) is 11.9. The van der Waals surface area contributed by atoms with Gasteiger partial charge >= 0.3 is 0 Å². The van der Waals surface area contributed by atoms with Crippen LogP contribution < -0.4 is 4.90 Å². The molecular weight excluding hydrogens is 218 g/mol. The molecule has 0 aliphatic carbocycles. The van der Waals surface area contributed by atoms with E-state index in [1.165, 1.54) is 33.6 Å². The van der Waals surface area contributed by atoms with Crippen molar-refractivity contribution >= 4 is 11.4 Å². The lowest BCUT2D eigenvalue weighted by Gasteiger charge is -2.25. The number of aryl methyl sites for hydroxylation is 4. The van der Waals surface area contributed by atoms with Gasteiger partial charge in [-0.05, 0) is 50.5 Å². The molecule has 2 aromatic carbocycles. The minimum absolute atomic E-state index is 1.27. The molecule has 1 nitrogen and oxygen atoms in total. The molecule has 0 bridgehead atoms. The number of anilines is 2. The van der Waals surface area contributed by atoms with Crippen molar-refractivity contribution in [2.75, 3.05) is 11.9 Å². The first kappa shape index (κ1) is 12.7. The second kappa shape index (κ2) is 4.85. The molecule has 18 heavy (non-hydrogen) atoms. The van der Waals surface area contributed by atoms with Gasteiger partial charge in [0, 0.05) is 18.4 Å². The van der Waals surface area contributed by atoms with Crippen LogP contribution in [0.15, 0.2) is 36.4 Å². The van der Waals surface area contributed by atoms with E-state index in [4.69, 9.17) is 0 Å². The van der Waals surface area contributed by atoms with Crippen molar-refractivity contribution in [2.24, 2.45) is 0 Å². The molecule has 0 amide bonds. The van der Waals surface area contributed by atoms with E-state index in [9.17, 15) is 0 Å². The van der Waals surface area contributed by atoms with Crippen LogP contribution in [0.1, 0.15) is 22.3 Å². The van der Waals surface area contributed by atoms with Crippen molar-refractivity contribution < 1.29 is 0 Å². The Hall–Kier alpha value is -1.76. The zero-order chi connectivity index (χ0) is 13.3. The first-order valence-corrected chi connectivity index (χ1v) is 6.38. The third kappa shape index (κ3) is 2.26. The van der Waals surface area contributed by atoms with E-state index in [0.717, 1.165) is 0 Å². The number of hydrogen-bond acceptors (Lipinski definition) is 1. The Morgan fingerprint density at radius 2 is 1.33 bits per heavy atom. The molecular formula is C17H21N. The van der Waals surface area contributed by atoms with E-state index in [2.05, 4.69) is 76.0 Å². The molecule has 0 heterocycles. The number of para-hydroxylation sites is 1. The molecule has 0 radical (unpaired) electrons. The van der Waals surface area contributed by atoms with Gasteiger partial charge in [-0.1, -0.05) is 35.9 Å². The summed E-state index contributed by atoms with van der Waals surface area (Å²) in [4.78, 5) is 2.29. The average Bonchev–Trinajstić information content (AvgIpc) is 2.27. The largest absolute Gasteiger partial charge is 0.344 e. The smallest absolute Gasteiger partial charge is 0.0467 e. The second-order valence-corrected chi connectivity index (χ2v) is 5.09. The molecule has 0 unspecified atom stereocenters. The molecule has 94 valence electrons. The Bertz CT molecular complexity index is 547. The minimum Gasteiger partial charge on any atom is -0.344 e. The van der Waals surface area contributed by atoms with Crippen molar-refractivity contribution in [1.29, 1.82) is 0 Å². The first-order valence-electron chi connectivity index (χ1n) is 6.38. The molecule has 0 saturated heterocycles. The van der Waals surface area contributed by atoms with Crippen molar-refractivity contribution in [3.05, 3.63) is 58.7 Å². The lowest BCUT2D eigenvalue weighted by atomic mass is 10.0. The van der Waals surface area contributed by atoms with E-state index in [0.29, 0.717) is 0 Å². The fourth-order valence-corrected chi connectivity index (χ4v) is 2.76. The number of nitrogens with zero attached hydrogens (tertiary/aromatic N) is 1. The number of hydrogen-bond donors (Lipinski definition) is 0. The highest BCUT2D eigenvalue weighted by Crippen LogP contribution is 2.32. The number of benzene rings is 2. The van der Waals surface area contributed by atoms with Gasteiger partial charge < -0.3 is 4.90 Å². The SMILES string of the molecule is Cc1cc(C)c(N(C)c2ccccc2C)c(C)c1. The summed E-state index contributed by atoms with van der Waals surface area (Å²) in [6, 6.07) is 13.0. The highest BCUT2D eigenvalue weighted by molar-refractivity contribution is 5.71. The van der Waals surface area contributed by atoms with Gasteiger partial charge in [-0.25, -0.2) is 0 Å². The van der Waals surface area contributed by atoms with Crippen molar-refractivity contribution in [2.45, 2.75) is 27.7 Å². The van der Waals surface area contributed by atoms with E-state index in [-0.39, 0.29) is 0 Å². The molecule has 2 aromatic rings. The van der Waals surface area contributed by atoms with Crippen LogP contribution in [0.4, 0.5) is 11.4 Å². The van der Waals surface area contributed by atoms with E-state index >= 15 is 0 Å². The number of rotatable bonds is 2. The van der Waals surface area contributed by atoms with E-state index in [1.807, 2.05) is 0 Å². The van der Waals surface area contributed by atoms with Crippen LogP contribution in [0.5, 0.6) is 0 Å². The summed E-state index contributed by atoms with van der Waals surface area (Å²) in [5.41, 5.74) is 7.88. The first-order chi connectivity index (χ1) is 8.50. The van der Waals surface area contributed by atoms with Gasteiger partial charge in [-0.2, -0.15) is 0 Å². The molecule has 2 rings (SSSR count). The van der Waals surface area contributed by atoms with Gasteiger partial charge in [0.1, 0.15) is 0 Å². The maximum absolute atomic E-state index is 2.29. The van der Waals surface area contributed by atoms with Crippen LogP contribution in [0, 0.1) is 27.7 Å². The Morgan fingerprint density at radius 1 is 0.778 bits per heavy atom. The maximum Gasteiger partial charge on any atom is 0.0467 e. The van der Waals surface area contributed by atoms with Gasteiger partial charge in [0.05, 0.1) is 0 Å². The highest BCUT2D eigenvalue weighted by Gasteiger charge is 2.11. The quantitative estimate of drug-likeness (QED) is 0.735. The zero-order valence-electron chi connectivity index (χ0n) is 11.9. The molecule has 0 saturated carbocycles. The van der Waals surface area contributed by atoms with Crippen LogP contribution in [0.2, 0.25) is 0 Å². The summed E-state index contributed by atoms with van der Waals surface area (Å²) in [7, 11) is 2.15. The standard InChI is InChI=1S/C17H21N/c1-12-10-14(3)17(15(4)11-12)18(5)16-9-7-6-8-13(16)2/h6-11H,1-5H3. The summed E-state index contributed by atoms with van der Waals surface area (Å²) >= 11 is 0. The van der Waals surface area contributed by atoms with Crippen LogP contribution in [0.3, 0.4) is 0 Å². The topological polar surface area (TPSA) is 3.24 Å². The summed E-state index contributed by atoms with van der Waals surface area (Å²) in [6.45, 7) is 8.68. The Kier molecular flexibility index (Phi) is 3.42. The molecule has 0 aromatic heterocycles. The normalized spacial score (nSPS) is 10.5. The highest BCUT2D eigenvalue weighted by atomic mass is 15.1. The van der Waals surface area contributed by atoms with E-state index < -0.39 is 0 Å². The Labute approximate surface area is 110 Å². The molecule has 0 aliphatic rings. The van der Waals surface area contributed by atoms with Crippen molar-refractivity contribution in [3.63, 3.8) is 0 Å². The van der Waals surface area contributed by atoms with Gasteiger partial charge in [-0.15, -0.1) is 0 Å². The lowest BCUT2D eigenvalue weighted by molar-refractivity contribution is 1.14. The minimum atomic E-state index is 1.27. The van der Waals surface area contributed by atoms with Gasteiger partial charge in [-0.3, -0.25) is 0 Å². The monoisotopic (exact) mass is 239 g/mol. The predicted molar refractivity (Wildman–Crippen MR) is 79.9 cm³/mol. The summed E-state index contributed by atoms with van der Waals surface area (Å²) in [5.74, 6) is 0. The third-order valence-electron chi connectivity index (χ3n) is 3.45. The lowest BCUT2D eigenvalue weighted by Crippen LogP contribution is -2.13. The molecule has 0 N–H and O–H groups in total. The summed E-state index contributed by atoms with van der Waals surface area (Å²) in [6.07, 6.45) is 0. The Morgan fingerprint density at radius 3 is 1.89 bits per heavy atom. The Balaban J connectivity index is 2.53. The molecule has 0 atom stereocenters. The van der Waals surface area contributed by atoms with E-state index in [1.54, 1.807) is 0 Å². The fourth-order valence-electron chi connectivity index (χ4n) is 2.76. The maximum atomic E-state index is 2.29. The van der Waals surface area contributed by atoms with Crippen LogP contribution in [0.25, 0.3) is 0 Å². The van der Waals surface area contributed by atoms with Crippen molar-refractivity contribution in [3.8, 4) is 0 Å². The summed E-state index contributed by atoms with van der Waals surface area (Å²) in [5, 5.41) is 0. The molecule has 0 fully saturated rings. The molecule has 0 spiro atoms. The second-order valence-electron chi connectivity index (χ2n) is 5.09. The molecule has 1 heteroatoms. The van der Waals surface area contributed by atoms with Crippen LogP contribution in [-0.2, 0) is 0 Å². The van der Waals surface area contributed by atoms with Crippen LogP contribution >= 0.6 is 0 Å². The average molecular weight is 239 g/mol. The van der Waals surface area contributed by atoms with Crippen molar-refractivity contribution in [1.82, 2.24) is 0 Å². The predicted octanol–water partition coefficient (Wildman–Crippen LogP) is 4.69.